The van der Waals surface area contributed by atoms with E-state index in [9.17, 15) is 5.11 Å². The monoisotopic (exact) mass is 248 g/mol. The largest absolute Gasteiger partial charge is 0.507 e. The van der Waals surface area contributed by atoms with Gasteiger partial charge in [0.1, 0.15) is 11.5 Å². The smallest absolute Gasteiger partial charge is 0.126 e. The van der Waals surface area contributed by atoms with Crippen molar-refractivity contribution in [2.24, 2.45) is 0 Å². The van der Waals surface area contributed by atoms with Crippen LogP contribution in [0.3, 0.4) is 0 Å². The molecule has 92 valence electrons. The number of methoxy groups -OCH3 is 1. The standard InChI is InChI=1S/C17H12O2/c1-19-15-9-5-11-3-2-10-4-8-14(18)12-6-7-13(15)17(11)16(10)12/h2-9,18H,1H3. The van der Waals surface area contributed by atoms with Crippen molar-refractivity contribution in [2.75, 3.05) is 7.11 Å². The third-order valence-electron chi connectivity index (χ3n) is 3.82. The molecule has 0 saturated carbocycles. The van der Waals surface area contributed by atoms with E-state index in [2.05, 4.69) is 18.2 Å². The predicted molar refractivity (Wildman–Crippen MR) is 78.4 cm³/mol. The molecule has 0 spiro atoms. The fraction of sp³-hybridized carbons (Fsp3) is 0.0588. The van der Waals surface area contributed by atoms with Crippen molar-refractivity contribution in [3.05, 3.63) is 48.5 Å². The van der Waals surface area contributed by atoms with Crippen LogP contribution in [-0.2, 0) is 0 Å². The first kappa shape index (κ1) is 10.4. The fourth-order valence-electron chi connectivity index (χ4n) is 2.94. The van der Waals surface area contributed by atoms with Crippen molar-refractivity contribution in [3.63, 3.8) is 0 Å². The maximum Gasteiger partial charge on any atom is 0.126 e. The normalized spacial score (nSPS) is 11.6. The van der Waals surface area contributed by atoms with Gasteiger partial charge in [0.25, 0.3) is 0 Å². The predicted octanol–water partition coefficient (Wildman–Crippen LogP) is 4.30. The van der Waals surface area contributed by atoms with Gasteiger partial charge in [0.05, 0.1) is 7.11 Å². The Kier molecular flexibility index (Phi) is 1.93. The summed E-state index contributed by atoms with van der Waals surface area (Å²) in [6, 6.07) is 15.9. The Balaban J connectivity index is 2.39. The Morgan fingerprint density at radius 1 is 0.737 bits per heavy atom. The average molecular weight is 248 g/mol. The van der Waals surface area contributed by atoms with Crippen molar-refractivity contribution in [1.29, 1.82) is 0 Å². The van der Waals surface area contributed by atoms with Crippen LogP contribution < -0.4 is 4.74 Å². The highest BCUT2D eigenvalue weighted by molar-refractivity contribution is 6.25. The molecule has 1 N–H and O–H groups in total. The summed E-state index contributed by atoms with van der Waals surface area (Å²) < 4.78 is 5.44. The van der Waals surface area contributed by atoms with Crippen LogP contribution in [0.25, 0.3) is 32.3 Å². The quantitative estimate of drug-likeness (QED) is 0.509. The van der Waals surface area contributed by atoms with Gasteiger partial charge in [-0.2, -0.15) is 0 Å². The first-order valence-corrected chi connectivity index (χ1v) is 6.23. The van der Waals surface area contributed by atoms with Gasteiger partial charge in [-0.15, -0.1) is 0 Å². The molecule has 2 heteroatoms. The Bertz CT molecular complexity index is 909. The Morgan fingerprint density at radius 2 is 1.32 bits per heavy atom. The van der Waals surface area contributed by atoms with E-state index in [1.54, 1.807) is 13.2 Å². The van der Waals surface area contributed by atoms with E-state index in [-0.39, 0.29) is 0 Å². The van der Waals surface area contributed by atoms with Crippen LogP contribution in [0.1, 0.15) is 0 Å². The summed E-state index contributed by atoms with van der Waals surface area (Å²) >= 11 is 0. The number of phenolic OH excluding ortho intramolecular Hbond substituents is 1. The van der Waals surface area contributed by atoms with Crippen LogP contribution in [0.4, 0.5) is 0 Å². The van der Waals surface area contributed by atoms with Gasteiger partial charge in [0.15, 0.2) is 0 Å². The Morgan fingerprint density at radius 3 is 2.05 bits per heavy atom. The fourth-order valence-corrected chi connectivity index (χ4v) is 2.94. The lowest BCUT2D eigenvalue weighted by molar-refractivity contribution is 0.420. The molecule has 4 aromatic rings. The number of rotatable bonds is 1. The molecule has 0 aliphatic rings. The number of phenols is 1. The van der Waals surface area contributed by atoms with E-state index in [1.165, 1.54) is 5.39 Å². The summed E-state index contributed by atoms with van der Waals surface area (Å²) in [7, 11) is 1.68. The number of ether oxygens (including phenoxy) is 1. The van der Waals surface area contributed by atoms with Gasteiger partial charge in [-0.25, -0.2) is 0 Å². The minimum atomic E-state index is 0.324. The minimum absolute atomic E-state index is 0.324. The molecule has 0 aliphatic heterocycles. The summed E-state index contributed by atoms with van der Waals surface area (Å²) in [5, 5.41) is 16.6. The third kappa shape index (κ3) is 1.26. The van der Waals surface area contributed by atoms with E-state index in [0.29, 0.717) is 5.75 Å². The van der Waals surface area contributed by atoms with Crippen molar-refractivity contribution < 1.29 is 9.84 Å². The molecule has 2 nitrogen and oxygen atoms in total. The second-order valence-corrected chi connectivity index (χ2v) is 4.77. The van der Waals surface area contributed by atoms with E-state index in [0.717, 1.165) is 32.7 Å². The lowest BCUT2D eigenvalue weighted by Gasteiger charge is -2.13. The summed E-state index contributed by atoms with van der Waals surface area (Å²) in [5.41, 5.74) is 0. The lowest BCUT2D eigenvalue weighted by atomic mass is 9.93. The maximum absolute atomic E-state index is 10.0. The van der Waals surface area contributed by atoms with Gasteiger partial charge in [-0.05, 0) is 35.0 Å². The molecule has 0 saturated heterocycles. The minimum Gasteiger partial charge on any atom is -0.507 e. The highest BCUT2D eigenvalue weighted by atomic mass is 16.5. The molecule has 0 unspecified atom stereocenters. The van der Waals surface area contributed by atoms with Crippen molar-refractivity contribution >= 4 is 32.3 Å². The van der Waals surface area contributed by atoms with Crippen molar-refractivity contribution in [1.82, 2.24) is 0 Å². The Labute approximate surface area is 110 Å². The third-order valence-corrected chi connectivity index (χ3v) is 3.82. The molecule has 19 heavy (non-hydrogen) atoms. The Hall–Kier alpha value is -2.48. The molecule has 0 aliphatic carbocycles. The molecule has 4 rings (SSSR count). The number of hydrogen-bond donors (Lipinski definition) is 1. The van der Waals surface area contributed by atoms with E-state index in [1.807, 2.05) is 24.3 Å². The summed E-state index contributed by atoms with van der Waals surface area (Å²) in [5.74, 6) is 1.19. The molecule has 0 aromatic heterocycles. The molecular weight excluding hydrogens is 236 g/mol. The van der Waals surface area contributed by atoms with Gasteiger partial charge in [-0.3, -0.25) is 0 Å². The SMILES string of the molecule is COc1ccc2ccc3ccc(O)c4ccc1c2c34. The van der Waals surface area contributed by atoms with E-state index >= 15 is 0 Å². The van der Waals surface area contributed by atoms with Crippen molar-refractivity contribution in [3.8, 4) is 11.5 Å². The summed E-state index contributed by atoms with van der Waals surface area (Å²) in [6.45, 7) is 0. The number of hydrogen-bond acceptors (Lipinski definition) is 2. The molecule has 0 atom stereocenters. The zero-order chi connectivity index (χ0) is 13.0. The molecule has 0 fully saturated rings. The van der Waals surface area contributed by atoms with Crippen LogP contribution in [-0.4, -0.2) is 12.2 Å². The van der Waals surface area contributed by atoms with E-state index < -0.39 is 0 Å². The van der Waals surface area contributed by atoms with Crippen molar-refractivity contribution in [2.45, 2.75) is 0 Å². The van der Waals surface area contributed by atoms with Gasteiger partial charge in [0.2, 0.25) is 0 Å². The van der Waals surface area contributed by atoms with Crippen LogP contribution in [0.2, 0.25) is 0 Å². The van der Waals surface area contributed by atoms with E-state index in [4.69, 9.17) is 4.74 Å². The summed E-state index contributed by atoms with van der Waals surface area (Å²) in [4.78, 5) is 0. The maximum atomic E-state index is 10.0. The molecule has 0 amide bonds. The number of aromatic hydroxyl groups is 1. The van der Waals surface area contributed by atoms with Crippen LogP contribution in [0, 0.1) is 0 Å². The number of benzene rings is 4. The molecule has 4 aromatic carbocycles. The highest BCUT2D eigenvalue weighted by Crippen LogP contribution is 2.40. The van der Waals surface area contributed by atoms with Gasteiger partial charge in [-0.1, -0.05) is 24.3 Å². The molecule has 0 radical (unpaired) electrons. The molecular formula is C17H12O2. The molecule has 0 bridgehead atoms. The van der Waals surface area contributed by atoms with Crippen LogP contribution in [0.5, 0.6) is 11.5 Å². The second kappa shape index (κ2) is 3.51. The summed E-state index contributed by atoms with van der Waals surface area (Å²) in [6.07, 6.45) is 0. The first-order chi connectivity index (χ1) is 9.29. The zero-order valence-electron chi connectivity index (χ0n) is 10.5. The lowest BCUT2D eigenvalue weighted by Crippen LogP contribution is -1.88. The van der Waals surface area contributed by atoms with Gasteiger partial charge >= 0.3 is 0 Å². The average Bonchev–Trinajstić information content (AvgIpc) is 2.46. The van der Waals surface area contributed by atoms with Crippen LogP contribution in [0.15, 0.2) is 48.5 Å². The topological polar surface area (TPSA) is 29.5 Å². The highest BCUT2D eigenvalue weighted by Gasteiger charge is 2.12. The zero-order valence-corrected chi connectivity index (χ0v) is 10.5. The first-order valence-electron chi connectivity index (χ1n) is 6.23. The van der Waals surface area contributed by atoms with Gasteiger partial charge in [0, 0.05) is 21.5 Å². The van der Waals surface area contributed by atoms with Gasteiger partial charge < -0.3 is 9.84 Å². The van der Waals surface area contributed by atoms with Crippen LogP contribution >= 0.6 is 0 Å². The molecule has 0 heterocycles. The second-order valence-electron chi connectivity index (χ2n) is 4.77.